The Labute approximate surface area is 237 Å². The number of amides is 2. The van der Waals surface area contributed by atoms with Gasteiger partial charge in [0.2, 0.25) is 11.8 Å². The molecule has 10 heteroatoms. The van der Waals surface area contributed by atoms with E-state index < -0.39 is 39.9 Å². The van der Waals surface area contributed by atoms with Crippen LogP contribution in [0.3, 0.4) is 0 Å². The summed E-state index contributed by atoms with van der Waals surface area (Å²) in [6.07, 6.45) is 0. The fourth-order valence-electron chi connectivity index (χ4n) is 3.70. The summed E-state index contributed by atoms with van der Waals surface area (Å²) < 4.78 is 42.9. The number of benzene rings is 3. The van der Waals surface area contributed by atoms with E-state index >= 15 is 0 Å². The Morgan fingerprint density at radius 1 is 0.947 bits per heavy atom. The molecule has 3 aromatic carbocycles. The molecule has 0 bridgehead atoms. The monoisotopic (exact) mass is 651 g/mol. The van der Waals surface area contributed by atoms with E-state index in [1.807, 2.05) is 20.8 Å². The van der Waals surface area contributed by atoms with Gasteiger partial charge in [0.1, 0.15) is 18.4 Å². The molecule has 38 heavy (non-hydrogen) atoms. The maximum Gasteiger partial charge on any atom is 0.264 e. The van der Waals surface area contributed by atoms with Gasteiger partial charge in [-0.3, -0.25) is 13.9 Å². The molecule has 202 valence electrons. The first-order valence-electron chi connectivity index (χ1n) is 12.0. The van der Waals surface area contributed by atoms with Crippen molar-refractivity contribution in [2.45, 2.75) is 50.7 Å². The molecule has 3 rings (SSSR count). The van der Waals surface area contributed by atoms with E-state index in [1.54, 1.807) is 49.4 Å². The van der Waals surface area contributed by atoms with Crippen molar-refractivity contribution < 1.29 is 22.4 Å². The Hall–Kier alpha value is -2.99. The van der Waals surface area contributed by atoms with E-state index in [2.05, 4.69) is 27.9 Å². The van der Waals surface area contributed by atoms with Gasteiger partial charge in [0.05, 0.1) is 10.6 Å². The Kier molecular flexibility index (Phi) is 9.53. The van der Waals surface area contributed by atoms with Crippen molar-refractivity contribution in [2.24, 2.45) is 0 Å². The molecule has 0 fully saturated rings. The van der Waals surface area contributed by atoms with Gasteiger partial charge in [-0.2, -0.15) is 0 Å². The zero-order chi connectivity index (χ0) is 28.1. The van der Waals surface area contributed by atoms with Crippen LogP contribution in [0.1, 0.15) is 33.3 Å². The van der Waals surface area contributed by atoms with Crippen LogP contribution >= 0.6 is 22.6 Å². The second-order valence-corrected chi connectivity index (χ2v) is 13.0. The summed E-state index contributed by atoms with van der Waals surface area (Å²) in [5, 5.41) is 2.87. The molecule has 0 aliphatic heterocycles. The molecular weight excluding hydrogens is 620 g/mol. The van der Waals surface area contributed by atoms with Crippen LogP contribution in [0.4, 0.5) is 10.1 Å². The van der Waals surface area contributed by atoms with E-state index in [-0.39, 0.29) is 17.3 Å². The van der Waals surface area contributed by atoms with Gasteiger partial charge < -0.3 is 10.2 Å². The highest BCUT2D eigenvalue weighted by atomic mass is 127. The maximum absolute atomic E-state index is 13.8. The van der Waals surface area contributed by atoms with Crippen LogP contribution < -0.4 is 9.62 Å². The van der Waals surface area contributed by atoms with Crippen molar-refractivity contribution in [3.05, 3.63) is 93.8 Å². The van der Waals surface area contributed by atoms with Crippen molar-refractivity contribution in [1.29, 1.82) is 0 Å². The van der Waals surface area contributed by atoms with Gasteiger partial charge >= 0.3 is 0 Å². The van der Waals surface area contributed by atoms with Crippen molar-refractivity contribution in [3.8, 4) is 0 Å². The number of carbonyl (C=O) groups excluding carboxylic acids is 2. The third-order valence-electron chi connectivity index (χ3n) is 5.66. The summed E-state index contributed by atoms with van der Waals surface area (Å²) in [6, 6.07) is 19.3. The van der Waals surface area contributed by atoms with Gasteiger partial charge in [0.15, 0.2) is 0 Å². The van der Waals surface area contributed by atoms with E-state index in [9.17, 15) is 22.4 Å². The van der Waals surface area contributed by atoms with Crippen LogP contribution in [0.25, 0.3) is 0 Å². The van der Waals surface area contributed by atoms with Gasteiger partial charge in [0, 0.05) is 15.7 Å². The molecule has 1 N–H and O–H groups in total. The predicted octanol–water partition coefficient (Wildman–Crippen LogP) is 4.96. The van der Waals surface area contributed by atoms with E-state index in [0.29, 0.717) is 11.3 Å². The Bertz CT molecular complexity index is 1360. The molecule has 0 aromatic heterocycles. The van der Waals surface area contributed by atoms with Crippen LogP contribution in [0, 0.1) is 9.39 Å². The van der Waals surface area contributed by atoms with Crippen molar-refractivity contribution in [3.63, 3.8) is 0 Å². The van der Waals surface area contributed by atoms with Crippen molar-refractivity contribution in [1.82, 2.24) is 10.2 Å². The number of rotatable bonds is 9. The minimum atomic E-state index is -4.12. The Balaban J connectivity index is 2.01. The predicted molar refractivity (Wildman–Crippen MR) is 154 cm³/mol. The van der Waals surface area contributed by atoms with Crippen LogP contribution in [0.15, 0.2) is 83.8 Å². The molecule has 1 atom stereocenters. The highest BCUT2D eigenvalue weighted by Gasteiger charge is 2.33. The minimum Gasteiger partial charge on any atom is -0.350 e. The number of carbonyl (C=O) groups is 2. The fourth-order valence-corrected chi connectivity index (χ4v) is 5.49. The largest absolute Gasteiger partial charge is 0.350 e. The molecule has 0 spiro atoms. The summed E-state index contributed by atoms with van der Waals surface area (Å²) in [5.41, 5.74) is 0.373. The second kappa shape index (κ2) is 12.2. The standard InChI is InChI=1S/C28H31FIN3O4S/c1-20(27(35)31-28(2,3)4)32(18-21-10-12-22(29)13-11-21)26(34)19-33(24-16-14-23(30)15-17-24)38(36,37)25-8-6-5-7-9-25/h5-17,20H,18-19H2,1-4H3,(H,31,35)/t20-/m0/s1. The topological polar surface area (TPSA) is 86.8 Å². The van der Waals surface area contributed by atoms with Crippen LogP contribution in [0.2, 0.25) is 0 Å². The quantitative estimate of drug-likeness (QED) is 0.332. The van der Waals surface area contributed by atoms with Crippen molar-refractivity contribution >= 4 is 50.1 Å². The van der Waals surface area contributed by atoms with Crippen molar-refractivity contribution in [2.75, 3.05) is 10.8 Å². The molecule has 0 unspecified atom stereocenters. The number of hydrogen-bond donors (Lipinski definition) is 1. The van der Waals surface area contributed by atoms with Gasteiger partial charge in [-0.25, -0.2) is 12.8 Å². The first-order valence-corrected chi connectivity index (χ1v) is 14.5. The summed E-state index contributed by atoms with van der Waals surface area (Å²) in [6.45, 7) is 6.53. The summed E-state index contributed by atoms with van der Waals surface area (Å²) in [4.78, 5) is 28.2. The average molecular weight is 652 g/mol. The van der Waals surface area contributed by atoms with E-state index in [0.717, 1.165) is 7.88 Å². The first kappa shape index (κ1) is 29.6. The smallest absolute Gasteiger partial charge is 0.264 e. The fraction of sp³-hybridized carbons (Fsp3) is 0.286. The number of hydrogen-bond acceptors (Lipinski definition) is 4. The normalized spacial score (nSPS) is 12.5. The lowest BCUT2D eigenvalue weighted by Gasteiger charge is -2.33. The van der Waals surface area contributed by atoms with E-state index in [1.165, 1.54) is 41.3 Å². The second-order valence-electron chi connectivity index (χ2n) is 9.86. The molecule has 0 saturated carbocycles. The minimum absolute atomic E-state index is 0.0102. The molecule has 0 saturated heterocycles. The third-order valence-corrected chi connectivity index (χ3v) is 8.16. The SMILES string of the molecule is C[C@@H](C(=O)NC(C)(C)C)N(Cc1ccc(F)cc1)C(=O)CN(c1ccc(I)cc1)S(=O)(=O)c1ccccc1. The van der Waals surface area contributed by atoms with E-state index in [4.69, 9.17) is 0 Å². The lowest BCUT2D eigenvalue weighted by atomic mass is 10.1. The highest BCUT2D eigenvalue weighted by molar-refractivity contribution is 14.1. The summed E-state index contributed by atoms with van der Waals surface area (Å²) >= 11 is 2.12. The molecule has 2 amide bonds. The van der Waals surface area contributed by atoms with Gasteiger partial charge in [-0.15, -0.1) is 0 Å². The van der Waals surface area contributed by atoms with Gasteiger partial charge in [-0.05, 0) is 104 Å². The number of nitrogens with zero attached hydrogens (tertiary/aromatic N) is 2. The lowest BCUT2D eigenvalue weighted by molar-refractivity contribution is -0.140. The summed E-state index contributed by atoms with van der Waals surface area (Å²) in [7, 11) is -4.12. The Morgan fingerprint density at radius 3 is 2.08 bits per heavy atom. The number of halogens is 2. The number of anilines is 1. The van der Waals surface area contributed by atoms with Crippen LogP contribution in [0.5, 0.6) is 0 Å². The molecule has 0 radical (unpaired) electrons. The third kappa shape index (κ3) is 7.76. The molecule has 3 aromatic rings. The summed E-state index contributed by atoms with van der Waals surface area (Å²) in [5.74, 6) is -1.40. The van der Waals surface area contributed by atoms with Gasteiger partial charge in [-0.1, -0.05) is 30.3 Å². The number of sulfonamides is 1. The zero-order valence-electron chi connectivity index (χ0n) is 21.7. The molecule has 0 heterocycles. The average Bonchev–Trinajstić information content (AvgIpc) is 2.86. The zero-order valence-corrected chi connectivity index (χ0v) is 24.7. The lowest BCUT2D eigenvalue weighted by Crippen LogP contribution is -2.54. The highest BCUT2D eigenvalue weighted by Crippen LogP contribution is 2.25. The molecular formula is C28H31FIN3O4S. The van der Waals surface area contributed by atoms with Crippen LogP contribution in [-0.2, 0) is 26.2 Å². The Morgan fingerprint density at radius 2 is 1.53 bits per heavy atom. The van der Waals surface area contributed by atoms with Crippen LogP contribution in [-0.4, -0.2) is 43.3 Å². The molecule has 0 aliphatic carbocycles. The maximum atomic E-state index is 13.8. The van der Waals surface area contributed by atoms with Gasteiger partial charge in [0.25, 0.3) is 10.0 Å². The molecule has 7 nitrogen and oxygen atoms in total. The molecule has 0 aliphatic rings. The first-order chi connectivity index (χ1) is 17.8. The number of nitrogens with one attached hydrogen (secondary N) is 1.